The number of aryl methyl sites for hydroxylation is 2. The molecule has 3 heterocycles. The van der Waals surface area contributed by atoms with Gasteiger partial charge in [-0.3, -0.25) is 4.79 Å². The number of hydrogen-bond donors (Lipinski definition) is 0. The average molecular weight is 541 g/mol. The topological polar surface area (TPSA) is 76.4 Å². The molecule has 0 atom stereocenters. The quantitative estimate of drug-likeness (QED) is 0.230. The van der Waals surface area contributed by atoms with Gasteiger partial charge < -0.3 is 14.5 Å². The summed E-state index contributed by atoms with van der Waals surface area (Å²) < 4.78 is 7.71. The highest BCUT2D eigenvalue weighted by molar-refractivity contribution is 5.94. The van der Waals surface area contributed by atoms with E-state index in [1.807, 2.05) is 59.0 Å². The van der Waals surface area contributed by atoms with Crippen molar-refractivity contribution in [2.24, 2.45) is 0 Å². The number of amides is 1. The van der Waals surface area contributed by atoms with Gasteiger partial charge in [-0.2, -0.15) is 5.10 Å². The molecular weight excluding hydrogens is 500 g/mol. The average Bonchev–Trinajstić information content (AvgIpc) is 3.15. The summed E-state index contributed by atoms with van der Waals surface area (Å²) in [7, 11) is 0. The van der Waals surface area contributed by atoms with Gasteiger partial charge in [0.2, 0.25) is 0 Å². The van der Waals surface area contributed by atoms with Crippen LogP contribution >= 0.6 is 0 Å². The van der Waals surface area contributed by atoms with Gasteiger partial charge in [-0.1, -0.05) is 44.9 Å². The van der Waals surface area contributed by atoms with Crippen molar-refractivity contribution < 1.29 is 9.53 Å². The molecule has 0 radical (unpaired) electrons. The zero-order valence-electron chi connectivity index (χ0n) is 24.0. The first-order chi connectivity index (χ1) is 19.6. The molecule has 40 heavy (non-hydrogen) atoms. The highest BCUT2D eigenvalue weighted by Gasteiger charge is 2.25. The molecule has 1 saturated heterocycles. The van der Waals surface area contributed by atoms with E-state index < -0.39 is 0 Å². The Morgan fingerprint density at radius 1 is 0.900 bits per heavy atom. The largest absolute Gasteiger partial charge is 0.494 e. The van der Waals surface area contributed by atoms with Gasteiger partial charge in [0.15, 0.2) is 5.65 Å². The second kappa shape index (κ2) is 12.9. The van der Waals surface area contributed by atoms with Gasteiger partial charge in [-0.05, 0) is 62.6 Å². The van der Waals surface area contributed by atoms with Crippen LogP contribution in [0.3, 0.4) is 0 Å². The molecule has 2 aromatic heterocycles. The monoisotopic (exact) mass is 540 g/mol. The van der Waals surface area contributed by atoms with Crippen LogP contribution in [0.15, 0.2) is 54.6 Å². The minimum atomic E-state index is 0.0616. The van der Waals surface area contributed by atoms with E-state index in [4.69, 9.17) is 19.8 Å². The Labute approximate surface area is 237 Å². The minimum absolute atomic E-state index is 0.0616. The predicted octanol–water partition coefficient (Wildman–Crippen LogP) is 6.00. The van der Waals surface area contributed by atoms with Gasteiger partial charge >= 0.3 is 0 Å². The number of benzene rings is 2. The molecule has 1 aliphatic rings. The second-order valence-electron chi connectivity index (χ2n) is 10.5. The number of carbonyl (C=O) groups is 1. The van der Waals surface area contributed by atoms with Crippen molar-refractivity contribution in [1.82, 2.24) is 24.6 Å². The van der Waals surface area contributed by atoms with Crippen LogP contribution < -0.4 is 9.64 Å². The molecule has 0 unspecified atom stereocenters. The Balaban J connectivity index is 1.38. The van der Waals surface area contributed by atoms with E-state index in [-0.39, 0.29) is 5.91 Å². The van der Waals surface area contributed by atoms with Crippen molar-refractivity contribution in [2.45, 2.75) is 59.3 Å². The van der Waals surface area contributed by atoms with E-state index in [0.29, 0.717) is 31.8 Å². The van der Waals surface area contributed by atoms with Crippen molar-refractivity contribution in [3.63, 3.8) is 0 Å². The van der Waals surface area contributed by atoms with Crippen LogP contribution in [0.2, 0.25) is 0 Å². The Morgan fingerprint density at radius 2 is 1.68 bits per heavy atom. The summed E-state index contributed by atoms with van der Waals surface area (Å²) in [5.41, 5.74) is 3.44. The summed E-state index contributed by atoms with van der Waals surface area (Å²) in [5, 5.41) is 5.87. The molecule has 8 nitrogen and oxygen atoms in total. The highest BCUT2D eigenvalue weighted by atomic mass is 16.5. The van der Waals surface area contributed by atoms with Crippen molar-refractivity contribution in [3.8, 4) is 11.4 Å². The Bertz CT molecular complexity index is 1420. The highest BCUT2D eigenvalue weighted by Crippen LogP contribution is 2.30. The summed E-state index contributed by atoms with van der Waals surface area (Å²) in [6.07, 6.45) is 5.93. The molecule has 5 rings (SSSR count). The maximum absolute atomic E-state index is 13.4. The van der Waals surface area contributed by atoms with Crippen LogP contribution in [-0.2, 0) is 6.42 Å². The van der Waals surface area contributed by atoms with E-state index in [1.54, 1.807) is 0 Å². The third-order valence-corrected chi connectivity index (χ3v) is 7.43. The van der Waals surface area contributed by atoms with Gasteiger partial charge in [0, 0.05) is 38.2 Å². The number of unbranched alkanes of at least 4 members (excludes halogenated alkanes) is 2. The Kier molecular flexibility index (Phi) is 8.94. The minimum Gasteiger partial charge on any atom is -0.494 e. The van der Waals surface area contributed by atoms with Crippen LogP contribution in [0.1, 0.15) is 67.8 Å². The molecule has 8 heteroatoms. The number of anilines is 1. The molecule has 4 aromatic rings. The van der Waals surface area contributed by atoms with Crippen LogP contribution in [0.4, 0.5) is 5.82 Å². The summed E-state index contributed by atoms with van der Waals surface area (Å²) >= 11 is 0. The van der Waals surface area contributed by atoms with Crippen LogP contribution in [0.5, 0.6) is 5.75 Å². The number of aromatic nitrogens is 4. The lowest BCUT2D eigenvalue weighted by Gasteiger charge is -2.24. The zero-order valence-corrected chi connectivity index (χ0v) is 24.0. The smallest absolute Gasteiger partial charge is 0.253 e. The first-order valence-electron chi connectivity index (χ1n) is 14.7. The van der Waals surface area contributed by atoms with Crippen LogP contribution in [0.25, 0.3) is 16.7 Å². The van der Waals surface area contributed by atoms with Crippen molar-refractivity contribution >= 4 is 22.8 Å². The zero-order chi connectivity index (χ0) is 27.9. The van der Waals surface area contributed by atoms with E-state index >= 15 is 0 Å². The Morgan fingerprint density at radius 3 is 2.42 bits per heavy atom. The van der Waals surface area contributed by atoms with E-state index in [9.17, 15) is 4.79 Å². The number of carbonyl (C=O) groups excluding carboxylic acids is 1. The first-order valence-corrected chi connectivity index (χ1v) is 14.7. The van der Waals surface area contributed by atoms with E-state index in [2.05, 4.69) is 30.9 Å². The molecule has 0 saturated carbocycles. The van der Waals surface area contributed by atoms with Crippen LogP contribution in [-0.4, -0.2) is 63.3 Å². The van der Waals surface area contributed by atoms with Gasteiger partial charge in [0.1, 0.15) is 17.4 Å². The van der Waals surface area contributed by atoms with Crippen molar-refractivity contribution in [3.05, 3.63) is 71.7 Å². The van der Waals surface area contributed by atoms with Gasteiger partial charge in [0.25, 0.3) is 5.91 Å². The number of rotatable bonds is 10. The summed E-state index contributed by atoms with van der Waals surface area (Å²) in [5.74, 6) is 2.65. The summed E-state index contributed by atoms with van der Waals surface area (Å²) in [6, 6.07) is 17.7. The number of nitrogens with zero attached hydrogens (tertiary/aromatic N) is 6. The molecule has 1 aliphatic heterocycles. The number of fused-ring (bicyclic) bond motifs is 1. The van der Waals surface area contributed by atoms with Gasteiger partial charge in [0.05, 0.1) is 23.4 Å². The lowest BCUT2D eigenvalue weighted by Crippen LogP contribution is -2.35. The number of para-hydroxylation sites is 1. The van der Waals surface area contributed by atoms with E-state index in [1.165, 1.54) is 0 Å². The Hall–Kier alpha value is -3.94. The third kappa shape index (κ3) is 6.11. The fourth-order valence-corrected chi connectivity index (χ4v) is 5.17. The molecule has 2 aromatic carbocycles. The fourth-order valence-electron chi connectivity index (χ4n) is 5.17. The maximum atomic E-state index is 13.4. The van der Waals surface area contributed by atoms with Gasteiger partial charge in [-0.15, -0.1) is 0 Å². The van der Waals surface area contributed by atoms with Crippen LogP contribution in [0, 0.1) is 6.92 Å². The molecule has 1 fully saturated rings. The molecule has 0 N–H and O–H groups in total. The van der Waals surface area contributed by atoms with Crippen molar-refractivity contribution in [2.75, 3.05) is 37.7 Å². The number of hydrogen-bond acceptors (Lipinski definition) is 6. The summed E-state index contributed by atoms with van der Waals surface area (Å²) in [4.78, 5) is 27.8. The van der Waals surface area contributed by atoms with Crippen molar-refractivity contribution in [1.29, 1.82) is 0 Å². The SMILES string of the molecule is CCCCOc1ccc(C(=O)N2CCCN(c3nc(CCCC)nc4c3c(C)nn4-c3ccccc3)CC2)cc1. The lowest BCUT2D eigenvalue weighted by atomic mass is 10.2. The molecule has 0 bridgehead atoms. The number of ether oxygens (including phenoxy) is 1. The fraction of sp³-hybridized carbons (Fsp3) is 0.438. The third-order valence-electron chi connectivity index (χ3n) is 7.43. The normalized spacial score (nSPS) is 14.0. The maximum Gasteiger partial charge on any atom is 0.253 e. The molecular formula is C32H40N6O2. The molecule has 1 amide bonds. The lowest BCUT2D eigenvalue weighted by molar-refractivity contribution is 0.0767. The molecule has 0 aliphatic carbocycles. The van der Waals surface area contributed by atoms with Gasteiger partial charge in [-0.25, -0.2) is 14.6 Å². The van der Waals surface area contributed by atoms with E-state index in [0.717, 1.165) is 84.9 Å². The molecule has 0 spiro atoms. The standard InChI is InChI=1S/C32H40N6O2/c1-4-6-14-28-33-30(29-24(3)35-38(31(29)34-28)26-12-9-8-10-13-26)36-19-11-20-37(22-21-36)32(39)25-15-17-27(18-16-25)40-23-7-5-2/h8-10,12-13,15-18H,4-7,11,14,19-23H2,1-3H3. The second-order valence-corrected chi connectivity index (χ2v) is 10.5. The summed E-state index contributed by atoms with van der Waals surface area (Å²) in [6.45, 7) is 9.94. The first kappa shape index (κ1) is 27.6. The molecule has 210 valence electrons. The predicted molar refractivity (Wildman–Crippen MR) is 160 cm³/mol.